The van der Waals surface area contributed by atoms with E-state index in [-0.39, 0.29) is 0 Å². The van der Waals surface area contributed by atoms with E-state index < -0.39 is 5.41 Å². The van der Waals surface area contributed by atoms with Gasteiger partial charge in [0.15, 0.2) is 0 Å². The number of para-hydroxylation sites is 3. The molecule has 0 spiro atoms. The topological polar surface area (TPSA) is 33.5 Å². The number of pyridine rings is 1. The summed E-state index contributed by atoms with van der Waals surface area (Å²) in [5, 5.41) is 6.12. The van der Waals surface area contributed by atoms with Gasteiger partial charge in [-0.2, -0.15) is 5.06 Å². The largest absolute Gasteiger partial charge is 0.294 e. The van der Waals surface area contributed by atoms with Crippen molar-refractivity contribution in [2.45, 2.75) is 25.2 Å². The first kappa shape index (κ1) is 34.5. The van der Waals surface area contributed by atoms with Crippen LogP contribution in [0.4, 0.5) is 17.1 Å². The third-order valence-corrected chi connectivity index (χ3v) is 11.5. The number of hydroxylamine groups is 1. The molecule has 276 valence electrons. The van der Waals surface area contributed by atoms with Crippen LogP contribution in [0.5, 0.6) is 0 Å². The molecule has 0 radical (unpaired) electrons. The van der Waals surface area contributed by atoms with Crippen LogP contribution in [0, 0.1) is 0 Å². The predicted octanol–water partition coefficient (Wildman–Crippen LogP) is 12.8. The zero-order valence-corrected chi connectivity index (χ0v) is 32.2. The van der Waals surface area contributed by atoms with Crippen molar-refractivity contribution in [3.05, 3.63) is 222 Å². The van der Waals surface area contributed by atoms with Crippen molar-refractivity contribution in [1.29, 1.82) is 0 Å². The SMILES string of the molecule is CC(C)c1ccccc1-c1ccnc(-n2c3ccccc3c3ccc(C(c4ccccc4)(c4ccccc4)c4cccc(N5ON(C)c6ccccc65)c4)cc32)c1. The molecule has 57 heavy (non-hydrogen) atoms. The molecular formula is C52H42N4O. The highest BCUT2D eigenvalue weighted by molar-refractivity contribution is 6.09. The van der Waals surface area contributed by atoms with Crippen LogP contribution in [0.3, 0.4) is 0 Å². The summed E-state index contributed by atoms with van der Waals surface area (Å²) in [7, 11) is 1.95. The first-order chi connectivity index (χ1) is 28.0. The number of hydrogen-bond donors (Lipinski definition) is 0. The van der Waals surface area contributed by atoms with Crippen LogP contribution in [0.1, 0.15) is 47.6 Å². The minimum absolute atomic E-state index is 0.392. The Labute approximate surface area is 333 Å². The van der Waals surface area contributed by atoms with Crippen molar-refractivity contribution in [3.8, 4) is 16.9 Å². The highest BCUT2D eigenvalue weighted by Gasteiger charge is 2.40. The fraction of sp³-hybridized carbons (Fsp3) is 0.0962. The molecule has 0 saturated heterocycles. The van der Waals surface area contributed by atoms with Gasteiger partial charge in [-0.3, -0.25) is 4.57 Å². The summed E-state index contributed by atoms with van der Waals surface area (Å²) in [5.41, 5.74) is 12.8. The van der Waals surface area contributed by atoms with Gasteiger partial charge in [-0.15, -0.1) is 4.94 Å². The lowest BCUT2D eigenvalue weighted by atomic mass is 9.65. The molecule has 0 saturated carbocycles. The van der Waals surface area contributed by atoms with E-state index in [1.54, 1.807) is 0 Å². The van der Waals surface area contributed by atoms with Gasteiger partial charge in [0.05, 0.1) is 33.5 Å². The minimum atomic E-state index is -0.704. The Hall–Kier alpha value is -6.95. The fourth-order valence-electron chi connectivity index (χ4n) is 8.96. The van der Waals surface area contributed by atoms with Crippen molar-refractivity contribution < 1.29 is 4.94 Å². The van der Waals surface area contributed by atoms with Crippen molar-refractivity contribution in [1.82, 2.24) is 9.55 Å². The number of aromatic nitrogens is 2. The Morgan fingerprint density at radius 2 is 1.16 bits per heavy atom. The van der Waals surface area contributed by atoms with Gasteiger partial charge in [0, 0.05) is 24.0 Å². The number of fused-ring (bicyclic) bond motifs is 4. The number of anilines is 3. The van der Waals surface area contributed by atoms with Gasteiger partial charge >= 0.3 is 0 Å². The summed E-state index contributed by atoms with van der Waals surface area (Å²) in [4.78, 5) is 11.4. The van der Waals surface area contributed by atoms with Crippen LogP contribution in [-0.2, 0) is 10.4 Å². The van der Waals surface area contributed by atoms with Crippen LogP contribution >= 0.6 is 0 Å². The Bertz CT molecular complexity index is 2860. The number of nitrogens with zero attached hydrogens (tertiary/aromatic N) is 4. The molecule has 1 aliphatic heterocycles. The van der Waals surface area contributed by atoms with E-state index in [0.29, 0.717) is 5.92 Å². The molecule has 5 nitrogen and oxygen atoms in total. The van der Waals surface area contributed by atoms with Crippen LogP contribution < -0.4 is 10.1 Å². The number of benzene rings is 7. The Balaban J connectivity index is 1.24. The molecule has 9 aromatic rings. The maximum atomic E-state index is 6.38. The van der Waals surface area contributed by atoms with E-state index in [4.69, 9.17) is 9.92 Å². The van der Waals surface area contributed by atoms with Gasteiger partial charge in [0.25, 0.3) is 0 Å². The van der Waals surface area contributed by atoms with E-state index in [0.717, 1.165) is 50.6 Å². The molecule has 0 aliphatic carbocycles. The second kappa shape index (κ2) is 14.0. The van der Waals surface area contributed by atoms with E-state index in [9.17, 15) is 0 Å². The summed E-state index contributed by atoms with van der Waals surface area (Å²) in [5.74, 6) is 1.28. The highest BCUT2D eigenvalue weighted by atomic mass is 16.8. The van der Waals surface area contributed by atoms with E-state index >= 15 is 0 Å². The van der Waals surface area contributed by atoms with Crippen molar-refractivity contribution in [3.63, 3.8) is 0 Å². The van der Waals surface area contributed by atoms with Crippen LogP contribution in [0.15, 0.2) is 194 Å². The van der Waals surface area contributed by atoms with Gasteiger partial charge in [0.2, 0.25) is 0 Å². The average molecular weight is 739 g/mol. The first-order valence-corrected chi connectivity index (χ1v) is 19.6. The molecule has 2 aromatic heterocycles. The quantitative estimate of drug-likeness (QED) is 0.145. The van der Waals surface area contributed by atoms with Crippen molar-refractivity contribution in [2.24, 2.45) is 0 Å². The standard InChI is InChI=1S/C52H42N4O/c1-36(2)43-23-10-11-24-44(43)37-31-32-53-51(33-37)55-47-26-13-12-25-45(47)46-30-29-41(35-50(46)55)52(38-17-6-4-7-18-38,39-19-8-5-9-20-39)40-21-16-22-42(34-40)56-49-28-15-14-27-48(49)54(3)57-56/h4-36H,1-3H3. The normalized spacial score (nSPS) is 12.8. The molecule has 0 fully saturated rings. The molecule has 1 aliphatic rings. The fourth-order valence-corrected chi connectivity index (χ4v) is 8.96. The first-order valence-electron chi connectivity index (χ1n) is 19.6. The molecule has 0 atom stereocenters. The Morgan fingerprint density at radius 3 is 1.93 bits per heavy atom. The van der Waals surface area contributed by atoms with Crippen LogP contribution in [0.2, 0.25) is 0 Å². The van der Waals surface area contributed by atoms with Gasteiger partial charge in [-0.25, -0.2) is 10.0 Å². The second-order valence-corrected chi connectivity index (χ2v) is 15.1. The zero-order valence-electron chi connectivity index (χ0n) is 32.2. The average Bonchev–Trinajstić information content (AvgIpc) is 3.79. The lowest BCUT2D eigenvalue weighted by Crippen LogP contribution is -2.31. The van der Waals surface area contributed by atoms with Crippen molar-refractivity contribution >= 4 is 38.9 Å². The maximum Gasteiger partial charge on any atom is 0.138 e. The maximum absolute atomic E-state index is 6.38. The van der Waals surface area contributed by atoms with Crippen LogP contribution in [-0.4, -0.2) is 16.6 Å². The summed E-state index contributed by atoms with van der Waals surface area (Å²) in [6, 6.07) is 67.7. The third-order valence-electron chi connectivity index (χ3n) is 11.5. The van der Waals surface area contributed by atoms with Gasteiger partial charge < -0.3 is 0 Å². The molecule has 0 unspecified atom stereocenters. The minimum Gasteiger partial charge on any atom is -0.294 e. The highest BCUT2D eigenvalue weighted by Crippen LogP contribution is 2.49. The van der Waals surface area contributed by atoms with Gasteiger partial charge in [-0.05, 0) is 93.4 Å². The van der Waals surface area contributed by atoms with Crippen molar-refractivity contribution in [2.75, 3.05) is 17.2 Å². The summed E-state index contributed by atoms with van der Waals surface area (Å²) in [6.07, 6.45) is 1.95. The summed E-state index contributed by atoms with van der Waals surface area (Å²) in [6.45, 7) is 4.51. The Morgan fingerprint density at radius 1 is 0.526 bits per heavy atom. The van der Waals surface area contributed by atoms with E-state index in [2.05, 4.69) is 200 Å². The van der Waals surface area contributed by atoms with Crippen LogP contribution in [0.25, 0.3) is 38.8 Å². The molecule has 10 rings (SSSR count). The smallest absolute Gasteiger partial charge is 0.138 e. The zero-order chi connectivity index (χ0) is 38.5. The van der Waals surface area contributed by atoms with Gasteiger partial charge in [-0.1, -0.05) is 153 Å². The summed E-state index contributed by atoms with van der Waals surface area (Å²) >= 11 is 0. The monoisotopic (exact) mass is 738 g/mol. The second-order valence-electron chi connectivity index (χ2n) is 15.1. The van der Waals surface area contributed by atoms with Gasteiger partial charge in [0.1, 0.15) is 5.82 Å². The summed E-state index contributed by atoms with van der Waals surface area (Å²) < 4.78 is 2.34. The molecule has 3 heterocycles. The molecular weight excluding hydrogens is 697 g/mol. The molecule has 0 bridgehead atoms. The number of hydrogen-bond acceptors (Lipinski definition) is 4. The molecule has 0 amide bonds. The van der Waals surface area contributed by atoms with E-state index in [1.165, 1.54) is 33.0 Å². The lowest BCUT2D eigenvalue weighted by Gasteiger charge is -2.37. The predicted molar refractivity (Wildman–Crippen MR) is 234 cm³/mol. The van der Waals surface area contributed by atoms with E-state index in [1.807, 2.05) is 29.4 Å². The molecule has 0 N–H and O–H groups in total. The number of rotatable bonds is 8. The third kappa shape index (κ3) is 5.62. The molecule has 5 heteroatoms. The molecule has 7 aromatic carbocycles. The lowest BCUT2D eigenvalue weighted by molar-refractivity contribution is 0.142. The Kier molecular flexibility index (Phi) is 8.46.